The number of rotatable bonds is 3. The lowest BCUT2D eigenvalue weighted by Crippen LogP contribution is -2.08. The van der Waals surface area contributed by atoms with Crippen LogP contribution in [0.4, 0.5) is 5.69 Å². The van der Waals surface area contributed by atoms with Crippen molar-refractivity contribution in [3.05, 3.63) is 29.3 Å². The lowest BCUT2D eigenvalue weighted by molar-refractivity contribution is 0.0601. The normalized spacial score (nSPS) is 9.64. The minimum Gasteiger partial charge on any atom is -0.465 e. The van der Waals surface area contributed by atoms with E-state index in [0.717, 1.165) is 17.8 Å². The van der Waals surface area contributed by atoms with Crippen LogP contribution in [-0.4, -0.2) is 19.6 Å². The predicted molar refractivity (Wildman–Crippen MR) is 56.7 cm³/mol. The second-order valence-corrected chi connectivity index (χ2v) is 3.07. The molecule has 0 saturated carbocycles. The van der Waals surface area contributed by atoms with Gasteiger partial charge in [-0.1, -0.05) is 11.6 Å². The van der Waals surface area contributed by atoms with Crippen molar-refractivity contribution in [1.29, 1.82) is 0 Å². The number of aryl methyl sites for hydroxylation is 1. The number of hydrogen-bond acceptors (Lipinski definition) is 3. The van der Waals surface area contributed by atoms with E-state index in [1.165, 1.54) is 7.11 Å². The molecule has 0 saturated heterocycles. The van der Waals surface area contributed by atoms with Crippen molar-refractivity contribution in [1.82, 2.24) is 0 Å². The molecule has 0 bridgehead atoms. The quantitative estimate of drug-likeness (QED) is 0.748. The molecule has 0 unspecified atom stereocenters. The summed E-state index contributed by atoms with van der Waals surface area (Å²) in [7, 11) is 1.39. The third-order valence-corrected chi connectivity index (χ3v) is 1.95. The SMILES string of the molecule is CCNc1ccc(C)cc1C(=O)OC. The largest absolute Gasteiger partial charge is 0.465 e. The number of esters is 1. The van der Waals surface area contributed by atoms with Crippen LogP contribution in [0.1, 0.15) is 22.8 Å². The fourth-order valence-corrected chi connectivity index (χ4v) is 1.28. The molecule has 0 atom stereocenters. The lowest BCUT2D eigenvalue weighted by Gasteiger charge is -2.09. The highest BCUT2D eigenvalue weighted by Gasteiger charge is 2.10. The van der Waals surface area contributed by atoms with Gasteiger partial charge in [0.25, 0.3) is 0 Å². The van der Waals surface area contributed by atoms with Gasteiger partial charge in [-0.15, -0.1) is 0 Å². The van der Waals surface area contributed by atoms with Gasteiger partial charge >= 0.3 is 5.97 Å². The summed E-state index contributed by atoms with van der Waals surface area (Å²) < 4.78 is 4.70. The van der Waals surface area contributed by atoms with Gasteiger partial charge in [0.15, 0.2) is 0 Å². The van der Waals surface area contributed by atoms with E-state index < -0.39 is 0 Å². The van der Waals surface area contributed by atoms with E-state index in [1.54, 1.807) is 0 Å². The molecule has 14 heavy (non-hydrogen) atoms. The summed E-state index contributed by atoms with van der Waals surface area (Å²) in [4.78, 5) is 11.4. The van der Waals surface area contributed by atoms with Crippen LogP contribution in [0.2, 0.25) is 0 Å². The van der Waals surface area contributed by atoms with Gasteiger partial charge in [0.1, 0.15) is 0 Å². The molecule has 1 aromatic carbocycles. The average Bonchev–Trinajstić information content (AvgIpc) is 2.20. The Bertz CT molecular complexity index is 334. The molecule has 0 spiro atoms. The molecule has 1 N–H and O–H groups in total. The maximum Gasteiger partial charge on any atom is 0.339 e. The minimum absolute atomic E-state index is 0.301. The van der Waals surface area contributed by atoms with Gasteiger partial charge in [0, 0.05) is 12.2 Å². The van der Waals surface area contributed by atoms with Gasteiger partial charge in [-0.2, -0.15) is 0 Å². The molecule has 0 fully saturated rings. The molecule has 0 amide bonds. The molecule has 0 aliphatic heterocycles. The maximum absolute atomic E-state index is 11.4. The first kappa shape index (κ1) is 10.6. The van der Waals surface area contributed by atoms with E-state index in [2.05, 4.69) is 5.32 Å². The van der Waals surface area contributed by atoms with Crippen molar-refractivity contribution >= 4 is 11.7 Å². The molecule has 3 nitrogen and oxygen atoms in total. The number of carbonyl (C=O) groups is 1. The molecule has 1 rings (SSSR count). The Morgan fingerprint density at radius 3 is 2.79 bits per heavy atom. The Kier molecular flexibility index (Phi) is 3.51. The van der Waals surface area contributed by atoms with Gasteiger partial charge in [-0.3, -0.25) is 0 Å². The molecule has 3 heteroatoms. The Labute approximate surface area is 84.1 Å². The summed E-state index contributed by atoms with van der Waals surface area (Å²) in [6, 6.07) is 5.68. The zero-order valence-corrected chi connectivity index (χ0v) is 8.76. The second kappa shape index (κ2) is 4.65. The summed E-state index contributed by atoms with van der Waals surface area (Å²) in [6.45, 7) is 4.72. The highest BCUT2D eigenvalue weighted by Crippen LogP contribution is 2.17. The van der Waals surface area contributed by atoms with Crippen LogP contribution in [0.15, 0.2) is 18.2 Å². The van der Waals surface area contributed by atoms with Crippen molar-refractivity contribution < 1.29 is 9.53 Å². The topological polar surface area (TPSA) is 38.3 Å². The number of carbonyl (C=O) groups excluding carboxylic acids is 1. The number of methoxy groups -OCH3 is 1. The molecular formula is C11H15NO2. The van der Waals surface area contributed by atoms with Crippen molar-refractivity contribution in [2.75, 3.05) is 19.0 Å². The van der Waals surface area contributed by atoms with Crippen LogP contribution in [0, 0.1) is 6.92 Å². The Hall–Kier alpha value is -1.51. The Balaban J connectivity index is 3.08. The Morgan fingerprint density at radius 1 is 1.50 bits per heavy atom. The van der Waals surface area contributed by atoms with Crippen molar-refractivity contribution in [2.24, 2.45) is 0 Å². The molecule has 76 valence electrons. The van der Waals surface area contributed by atoms with Crippen LogP contribution in [0.3, 0.4) is 0 Å². The van der Waals surface area contributed by atoms with E-state index in [0.29, 0.717) is 5.56 Å². The highest BCUT2D eigenvalue weighted by molar-refractivity contribution is 5.95. The summed E-state index contributed by atoms with van der Waals surface area (Å²) >= 11 is 0. The van der Waals surface area contributed by atoms with Crippen molar-refractivity contribution in [2.45, 2.75) is 13.8 Å². The molecular weight excluding hydrogens is 178 g/mol. The molecule has 0 radical (unpaired) electrons. The number of nitrogens with one attached hydrogen (secondary N) is 1. The number of ether oxygens (including phenoxy) is 1. The highest BCUT2D eigenvalue weighted by atomic mass is 16.5. The number of benzene rings is 1. The second-order valence-electron chi connectivity index (χ2n) is 3.07. The van der Waals surface area contributed by atoms with Crippen molar-refractivity contribution in [3.8, 4) is 0 Å². The molecule has 0 aliphatic carbocycles. The third kappa shape index (κ3) is 2.25. The maximum atomic E-state index is 11.4. The van der Waals surface area contributed by atoms with Crippen LogP contribution < -0.4 is 5.32 Å². The fraction of sp³-hybridized carbons (Fsp3) is 0.364. The van der Waals surface area contributed by atoms with Crippen LogP contribution in [0.25, 0.3) is 0 Å². The Morgan fingerprint density at radius 2 is 2.21 bits per heavy atom. The molecule has 0 heterocycles. The molecule has 0 aliphatic rings. The van der Waals surface area contributed by atoms with Gasteiger partial charge in [0.05, 0.1) is 12.7 Å². The van der Waals surface area contributed by atoms with E-state index in [1.807, 2.05) is 32.0 Å². The van der Waals surface area contributed by atoms with E-state index >= 15 is 0 Å². The van der Waals surface area contributed by atoms with E-state index in [9.17, 15) is 4.79 Å². The van der Waals surface area contributed by atoms with Gasteiger partial charge in [-0.05, 0) is 26.0 Å². The summed E-state index contributed by atoms with van der Waals surface area (Å²) in [6.07, 6.45) is 0. The first-order valence-electron chi connectivity index (χ1n) is 4.62. The lowest BCUT2D eigenvalue weighted by atomic mass is 10.1. The first-order chi connectivity index (χ1) is 6.69. The van der Waals surface area contributed by atoms with Crippen LogP contribution in [0.5, 0.6) is 0 Å². The molecule has 0 aromatic heterocycles. The van der Waals surface area contributed by atoms with E-state index in [-0.39, 0.29) is 5.97 Å². The zero-order valence-electron chi connectivity index (χ0n) is 8.76. The molecule has 1 aromatic rings. The zero-order chi connectivity index (χ0) is 10.6. The summed E-state index contributed by atoms with van der Waals surface area (Å²) in [5, 5.41) is 3.12. The van der Waals surface area contributed by atoms with Crippen molar-refractivity contribution in [3.63, 3.8) is 0 Å². The standard InChI is InChI=1S/C11H15NO2/c1-4-12-10-6-5-8(2)7-9(10)11(13)14-3/h5-7,12H,4H2,1-3H3. The fourth-order valence-electron chi connectivity index (χ4n) is 1.28. The summed E-state index contributed by atoms with van der Waals surface area (Å²) in [5.74, 6) is -0.301. The first-order valence-corrected chi connectivity index (χ1v) is 4.62. The van der Waals surface area contributed by atoms with Crippen LogP contribution in [-0.2, 0) is 4.74 Å². The predicted octanol–water partition coefficient (Wildman–Crippen LogP) is 2.21. The van der Waals surface area contributed by atoms with Gasteiger partial charge in [0.2, 0.25) is 0 Å². The van der Waals surface area contributed by atoms with Gasteiger partial charge < -0.3 is 10.1 Å². The summed E-state index contributed by atoms with van der Waals surface area (Å²) in [5.41, 5.74) is 2.46. The monoisotopic (exact) mass is 193 g/mol. The smallest absolute Gasteiger partial charge is 0.339 e. The minimum atomic E-state index is -0.301. The van der Waals surface area contributed by atoms with Crippen LogP contribution >= 0.6 is 0 Å². The average molecular weight is 193 g/mol. The van der Waals surface area contributed by atoms with E-state index in [4.69, 9.17) is 4.74 Å². The number of anilines is 1. The third-order valence-electron chi connectivity index (χ3n) is 1.95. The number of hydrogen-bond donors (Lipinski definition) is 1. The van der Waals surface area contributed by atoms with Gasteiger partial charge in [-0.25, -0.2) is 4.79 Å².